The summed E-state index contributed by atoms with van der Waals surface area (Å²) in [5.74, 6) is -0.784. The highest BCUT2D eigenvalue weighted by Crippen LogP contribution is 2.27. The molecule has 0 aliphatic carbocycles. The molecule has 1 N–H and O–H groups in total. The topological polar surface area (TPSA) is 52.2 Å². The Labute approximate surface area is 150 Å². The van der Waals surface area contributed by atoms with Crippen molar-refractivity contribution in [2.45, 2.75) is 31.7 Å². The van der Waals surface area contributed by atoms with Crippen molar-refractivity contribution in [3.63, 3.8) is 0 Å². The maximum absolute atomic E-state index is 13.4. The average molecular weight is 360 g/mol. The summed E-state index contributed by atoms with van der Waals surface area (Å²) in [6.07, 6.45) is 3.15. The van der Waals surface area contributed by atoms with Gasteiger partial charge < -0.3 is 4.90 Å². The van der Waals surface area contributed by atoms with Crippen molar-refractivity contribution < 1.29 is 8.78 Å². The highest BCUT2D eigenvalue weighted by molar-refractivity contribution is 5.32. The van der Waals surface area contributed by atoms with Crippen LogP contribution in [0.4, 0.5) is 14.7 Å². The highest BCUT2D eigenvalue weighted by Gasteiger charge is 2.26. The number of halogens is 2. The van der Waals surface area contributed by atoms with Crippen LogP contribution in [0.3, 0.4) is 0 Å². The fourth-order valence-electron chi connectivity index (χ4n) is 3.86. The molecule has 3 heterocycles. The predicted molar refractivity (Wildman–Crippen MR) is 95.3 cm³/mol. The van der Waals surface area contributed by atoms with Gasteiger partial charge in [0, 0.05) is 38.2 Å². The molecule has 138 valence electrons. The van der Waals surface area contributed by atoms with Gasteiger partial charge >= 0.3 is 0 Å². The molecule has 2 aliphatic heterocycles. The largest absolute Gasteiger partial charge is 0.342 e. The van der Waals surface area contributed by atoms with Crippen molar-refractivity contribution in [3.8, 4) is 0 Å². The van der Waals surface area contributed by atoms with E-state index in [-0.39, 0.29) is 11.5 Å². The second-order valence-electron chi connectivity index (χ2n) is 7.16. The minimum Gasteiger partial charge on any atom is -0.342 e. The lowest BCUT2D eigenvalue weighted by Crippen LogP contribution is -2.25. The van der Waals surface area contributed by atoms with Crippen LogP contribution >= 0.6 is 0 Å². The molecule has 2 aromatic rings. The molecule has 5 nitrogen and oxygen atoms in total. The molecule has 1 atom stereocenters. The number of hydrogen-bond acceptors (Lipinski definition) is 4. The van der Waals surface area contributed by atoms with Crippen LogP contribution < -0.4 is 10.5 Å². The van der Waals surface area contributed by atoms with Crippen LogP contribution in [-0.2, 0) is 6.54 Å². The van der Waals surface area contributed by atoms with E-state index in [1.165, 1.54) is 12.1 Å². The minimum atomic E-state index is -0.824. The fraction of sp³-hybridized carbons (Fsp3) is 0.474. The van der Waals surface area contributed by atoms with Crippen molar-refractivity contribution in [1.82, 2.24) is 14.9 Å². The van der Waals surface area contributed by atoms with Gasteiger partial charge in [0.15, 0.2) is 11.6 Å². The number of aromatic nitrogens is 2. The van der Waals surface area contributed by atoms with Gasteiger partial charge in [-0.2, -0.15) is 0 Å². The number of benzene rings is 1. The summed E-state index contributed by atoms with van der Waals surface area (Å²) >= 11 is 0. The van der Waals surface area contributed by atoms with Crippen LogP contribution in [0.2, 0.25) is 0 Å². The van der Waals surface area contributed by atoms with E-state index < -0.39 is 11.6 Å². The summed E-state index contributed by atoms with van der Waals surface area (Å²) in [4.78, 5) is 23.9. The number of H-pyrrole nitrogens is 1. The van der Waals surface area contributed by atoms with Gasteiger partial charge in [0.2, 0.25) is 5.95 Å². The van der Waals surface area contributed by atoms with Gasteiger partial charge in [-0.25, -0.2) is 13.8 Å². The van der Waals surface area contributed by atoms with Gasteiger partial charge in [0.25, 0.3) is 5.56 Å². The Balaban J connectivity index is 1.46. The van der Waals surface area contributed by atoms with Crippen molar-refractivity contribution >= 4 is 5.95 Å². The smallest absolute Gasteiger partial charge is 0.252 e. The summed E-state index contributed by atoms with van der Waals surface area (Å²) in [7, 11) is 0. The number of aromatic amines is 1. The predicted octanol–water partition coefficient (Wildman–Crippen LogP) is 2.64. The molecule has 1 aromatic carbocycles. The normalized spacial score (nSPS) is 20.8. The first-order chi connectivity index (χ1) is 12.6. The van der Waals surface area contributed by atoms with Crippen LogP contribution in [0, 0.1) is 11.6 Å². The van der Waals surface area contributed by atoms with Crippen molar-refractivity contribution in [1.29, 1.82) is 0 Å². The van der Waals surface area contributed by atoms with E-state index in [0.717, 1.165) is 56.7 Å². The Morgan fingerprint density at radius 1 is 1.12 bits per heavy atom. The number of likely N-dealkylation sites (tertiary alicyclic amines) is 1. The highest BCUT2D eigenvalue weighted by atomic mass is 19.2. The van der Waals surface area contributed by atoms with E-state index in [2.05, 4.69) is 14.8 Å². The monoisotopic (exact) mass is 360 g/mol. The Hall–Kier alpha value is -2.28. The molecule has 26 heavy (non-hydrogen) atoms. The van der Waals surface area contributed by atoms with Crippen molar-refractivity contribution in [3.05, 3.63) is 57.5 Å². The number of nitrogens with one attached hydrogen (secondary N) is 1. The lowest BCUT2D eigenvalue weighted by Gasteiger charge is -2.18. The third kappa shape index (κ3) is 3.62. The lowest BCUT2D eigenvalue weighted by atomic mass is 10.0. The quantitative estimate of drug-likeness (QED) is 0.911. The maximum atomic E-state index is 13.4. The molecule has 7 heteroatoms. The molecule has 0 radical (unpaired) electrons. The third-order valence-corrected chi connectivity index (χ3v) is 5.24. The average Bonchev–Trinajstić information content (AvgIpc) is 3.29. The van der Waals surface area contributed by atoms with E-state index in [9.17, 15) is 13.6 Å². The maximum Gasteiger partial charge on any atom is 0.252 e. The molecular formula is C19H22F2N4O. The molecule has 1 aromatic heterocycles. The zero-order valence-electron chi connectivity index (χ0n) is 14.5. The Bertz CT molecular complexity index is 848. The Kier molecular flexibility index (Phi) is 4.72. The SMILES string of the molecule is O=c1cc(C2CCN(Cc3ccc(F)c(F)c3)C2)nc(N2CCCC2)[nH]1. The number of nitrogens with zero attached hydrogens (tertiary/aromatic N) is 3. The molecule has 0 bridgehead atoms. The molecule has 2 saturated heterocycles. The Morgan fingerprint density at radius 3 is 2.69 bits per heavy atom. The van der Waals surface area contributed by atoms with Gasteiger partial charge in [-0.15, -0.1) is 0 Å². The third-order valence-electron chi connectivity index (χ3n) is 5.24. The van der Waals surface area contributed by atoms with Gasteiger partial charge in [-0.05, 0) is 43.5 Å². The summed E-state index contributed by atoms with van der Waals surface area (Å²) in [6, 6.07) is 5.62. The number of anilines is 1. The van der Waals surface area contributed by atoms with Gasteiger partial charge in [-0.1, -0.05) is 6.07 Å². The molecular weight excluding hydrogens is 338 g/mol. The summed E-state index contributed by atoms with van der Waals surface area (Å²) < 4.78 is 26.5. The summed E-state index contributed by atoms with van der Waals surface area (Å²) in [5, 5.41) is 0. The molecule has 1 unspecified atom stereocenters. The van der Waals surface area contributed by atoms with Gasteiger partial charge in [0.1, 0.15) is 0 Å². The first-order valence-electron chi connectivity index (χ1n) is 9.11. The standard InChI is InChI=1S/C19H22F2N4O/c20-15-4-3-13(9-16(15)21)11-24-8-5-14(12-24)17-10-18(26)23-19(22-17)25-6-1-2-7-25/h3-4,9-10,14H,1-2,5-8,11-12H2,(H,22,23,26). The second-order valence-corrected chi connectivity index (χ2v) is 7.16. The summed E-state index contributed by atoms with van der Waals surface area (Å²) in [5.41, 5.74) is 1.46. The molecule has 2 aliphatic rings. The summed E-state index contributed by atoms with van der Waals surface area (Å²) in [6.45, 7) is 4.03. The van der Waals surface area contributed by atoms with E-state index in [4.69, 9.17) is 4.98 Å². The van der Waals surface area contributed by atoms with Gasteiger partial charge in [0.05, 0.1) is 5.69 Å². The van der Waals surface area contributed by atoms with E-state index in [0.29, 0.717) is 12.5 Å². The fourth-order valence-corrected chi connectivity index (χ4v) is 3.86. The van der Waals surface area contributed by atoms with E-state index >= 15 is 0 Å². The minimum absolute atomic E-state index is 0.115. The first-order valence-corrected chi connectivity index (χ1v) is 9.11. The van der Waals surface area contributed by atoms with Crippen LogP contribution in [0.5, 0.6) is 0 Å². The van der Waals surface area contributed by atoms with E-state index in [1.54, 1.807) is 12.1 Å². The van der Waals surface area contributed by atoms with E-state index in [1.807, 2.05) is 0 Å². The number of rotatable bonds is 4. The van der Waals surface area contributed by atoms with Crippen LogP contribution in [-0.4, -0.2) is 41.0 Å². The van der Waals surface area contributed by atoms with Crippen molar-refractivity contribution in [2.24, 2.45) is 0 Å². The molecule has 0 spiro atoms. The zero-order chi connectivity index (χ0) is 18.1. The second kappa shape index (κ2) is 7.15. The Morgan fingerprint density at radius 2 is 1.92 bits per heavy atom. The van der Waals surface area contributed by atoms with Crippen LogP contribution in [0.1, 0.15) is 36.4 Å². The molecule has 4 rings (SSSR count). The van der Waals surface area contributed by atoms with Crippen molar-refractivity contribution in [2.75, 3.05) is 31.1 Å². The molecule has 2 fully saturated rings. The zero-order valence-corrected chi connectivity index (χ0v) is 14.5. The molecule has 0 saturated carbocycles. The van der Waals surface area contributed by atoms with Crippen LogP contribution in [0.25, 0.3) is 0 Å². The van der Waals surface area contributed by atoms with Crippen LogP contribution in [0.15, 0.2) is 29.1 Å². The first kappa shape index (κ1) is 17.1. The lowest BCUT2D eigenvalue weighted by molar-refractivity contribution is 0.325. The number of hydrogen-bond donors (Lipinski definition) is 1. The molecule has 0 amide bonds. The van der Waals surface area contributed by atoms with Gasteiger partial charge in [-0.3, -0.25) is 14.7 Å².